The number of amides is 1. The van der Waals surface area contributed by atoms with E-state index in [1.165, 1.54) is 62.9 Å². The summed E-state index contributed by atoms with van der Waals surface area (Å²) < 4.78 is 0. The zero-order chi connectivity index (χ0) is 11.9. The molecule has 1 atom stereocenters. The van der Waals surface area contributed by atoms with Gasteiger partial charge in [0.2, 0.25) is 5.91 Å². The zero-order valence-electron chi connectivity index (χ0n) is 10.7. The summed E-state index contributed by atoms with van der Waals surface area (Å²) in [6.45, 7) is 0. The van der Waals surface area contributed by atoms with Gasteiger partial charge in [-0.15, -0.1) is 0 Å². The third-order valence-corrected chi connectivity index (χ3v) is 5.23. The van der Waals surface area contributed by atoms with Crippen molar-refractivity contribution >= 4 is 17.7 Å². The van der Waals surface area contributed by atoms with Crippen molar-refractivity contribution in [2.24, 2.45) is 5.92 Å². The summed E-state index contributed by atoms with van der Waals surface area (Å²) in [6, 6.07) is 0.473. The molecule has 0 aromatic carbocycles. The fraction of sp³-hybridized carbons (Fsp3) is 0.929. The van der Waals surface area contributed by atoms with Crippen LogP contribution in [-0.2, 0) is 4.79 Å². The van der Waals surface area contributed by atoms with Crippen LogP contribution in [0.1, 0.15) is 57.8 Å². The molecule has 2 nitrogen and oxygen atoms in total. The average Bonchev–Trinajstić information content (AvgIpc) is 2.59. The first-order chi connectivity index (χ1) is 8.34. The molecule has 2 rings (SSSR count). The molecule has 1 unspecified atom stereocenters. The van der Waals surface area contributed by atoms with Gasteiger partial charge < -0.3 is 5.32 Å². The summed E-state index contributed by atoms with van der Waals surface area (Å²) in [7, 11) is 0. The number of thioether (sulfide) groups is 1. The largest absolute Gasteiger partial charge is 0.353 e. The summed E-state index contributed by atoms with van der Waals surface area (Å²) in [4.78, 5) is 12.0. The lowest BCUT2D eigenvalue weighted by Gasteiger charge is -2.22. The molecule has 2 fully saturated rings. The van der Waals surface area contributed by atoms with Crippen molar-refractivity contribution in [2.45, 2.75) is 63.8 Å². The monoisotopic (exact) mass is 255 g/mol. The molecule has 0 spiro atoms. The standard InChI is InChI=1S/C14H25NOS/c16-14(10-12-6-5-9-17-11-12)15-13-7-3-1-2-4-8-13/h12-13H,1-11H2,(H,15,16). The second-order valence-electron chi connectivity index (χ2n) is 5.54. The normalized spacial score (nSPS) is 27.4. The number of rotatable bonds is 3. The predicted octanol–water partition coefficient (Wildman–Crippen LogP) is 3.36. The molecular weight excluding hydrogens is 230 g/mol. The summed E-state index contributed by atoms with van der Waals surface area (Å²) in [5.74, 6) is 3.43. The van der Waals surface area contributed by atoms with Gasteiger partial charge in [0, 0.05) is 12.5 Å². The second kappa shape index (κ2) is 7.30. The van der Waals surface area contributed by atoms with Gasteiger partial charge in [0.1, 0.15) is 0 Å². The molecule has 98 valence electrons. The molecule has 0 radical (unpaired) electrons. The van der Waals surface area contributed by atoms with E-state index in [4.69, 9.17) is 0 Å². The van der Waals surface area contributed by atoms with Crippen LogP contribution in [0.4, 0.5) is 0 Å². The van der Waals surface area contributed by atoms with Crippen molar-refractivity contribution in [3.63, 3.8) is 0 Å². The van der Waals surface area contributed by atoms with E-state index in [9.17, 15) is 4.79 Å². The van der Waals surface area contributed by atoms with Crippen LogP contribution in [0, 0.1) is 5.92 Å². The Morgan fingerprint density at radius 3 is 2.47 bits per heavy atom. The molecule has 3 heteroatoms. The van der Waals surface area contributed by atoms with E-state index in [0.717, 1.165) is 6.42 Å². The van der Waals surface area contributed by atoms with Crippen LogP contribution in [-0.4, -0.2) is 23.5 Å². The van der Waals surface area contributed by atoms with Crippen LogP contribution < -0.4 is 5.32 Å². The maximum absolute atomic E-state index is 12.0. The van der Waals surface area contributed by atoms with Crippen molar-refractivity contribution in [3.8, 4) is 0 Å². The van der Waals surface area contributed by atoms with Gasteiger partial charge in [0.05, 0.1) is 0 Å². The van der Waals surface area contributed by atoms with E-state index in [2.05, 4.69) is 5.32 Å². The molecular formula is C14H25NOS. The Bertz CT molecular complexity index is 230. The van der Waals surface area contributed by atoms with E-state index in [1.807, 2.05) is 11.8 Å². The minimum absolute atomic E-state index is 0.310. The highest BCUT2D eigenvalue weighted by Crippen LogP contribution is 2.25. The quantitative estimate of drug-likeness (QED) is 0.784. The van der Waals surface area contributed by atoms with E-state index >= 15 is 0 Å². The highest BCUT2D eigenvalue weighted by Gasteiger charge is 2.20. The topological polar surface area (TPSA) is 29.1 Å². The van der Waals surface area contributed by atoms with Crippen molar-refractivity contribution in [3.05, 3.63) is 0 Å². The van der Waals surface area contributed by atoms with Crippen LogP contribution in [0.5, 0.6) is 0 Å². The van der Waals surface area contributed by atoms with Gasteiger partial charge in [-0.2, -0.15) is 11.8 Å². The fourth-order valence-corrected chi connectivity index (χ4v) is 4.10. The van der Waals surface area contributed by atoms with Crippen LogP contribution in [0.25, 0.3) is 0 Å². The first-order valence-electron chi connectivity index (χ1n) is 7.21. The molecule has 0 aromatic heterocycles. The molecule has 2 aliphatic rings. The molecule has 1 aliphatic heterocycles. The average molecular weight is 255 g/mol. The molecule has 0 bridgehead atoms. The molecule has 1 amide bonds. The third kappa shape index (κ3) is 4.90. The third-order valence-electron chi connectivity index (χ3n) is 3.95. The van der Waals surface area contributed by atoms with E-state index in [-0.39, 0.29) is 0 Å². The molecule has 1 N–H and O–H groups in total. The van der Waals surface area contributed by atoms with Crippen molar-refractivity contribution in [2.75, 3.05) is 11.5 Å². The zero-order valence-corrected chi connectivity index (χ0v) is 11.6. The van der Waals surface area contributed by atoms with Gasteiger partial charge in [0.15, 0.2) is 0 Å². The van der Waals surface area contributed by atoms with E-state index in [1.54, 1.807) is 0 Å². The minimum Gasteiger partial charge on any atom is -0.353 e. The summed E-state index contributed by atoms with van der Waals surface area (Å²) in [6.07, 6.45) is 11.0. The SMILES string of the molecule is O=C(CC1CCCSC1)NC1CCCCCC1. The van der Waals surface area contributed by atoms with Gasteiger partial charge >= 0.3 is 0 Å². The highest BCUT2D eigenvalue weighted by molar-refractivity contribution is 7.99. The number of hydrogen-bond donors (Lipinski definition) is 1. The van der Waals surface area contributed by atoms with Crippen LogP contribution in [0.15, 0.2) is 0 Å². The lowest BCUT2D eigenvalue weighted by Crippen LogP contribution is -2.36. The van der Waals surface area contributed by atoms with Crippen LogP contribution >= 0.6 is 11.8 Å². The van der Waals surface area contributed by atoms with E-state index in [0.29, 0.717) is 17.9 Å². The fourth-order valence-electron chi connectivity index (χ4n) is 2.94. The van der Waals surface area contributed by atoms with E-state index < -0.39 is 0 Å². The summed E-state index contributed by atoms with van der Waals surface area (Å²) in [5.41, 5.74) is 0. The lowest BCUT2D eigenvalue weighted by molar-refractivity contribution is -0.122. The summed E-state index contributed by atoms with van der Waals surface area (Å²) in [5, 5.41) is 3.26. The smallest absolute Gasteiger partial charge is 0.220 e. The molecule has 1 saturated heterocycles. The van der Waals surface area contributed by atoms with Gasteiger partial charge in [-0.05, 0) is 43.1 Å². The molecule has 1 saturated carbocycles. The number of carbonyl (C=O) groups excluding carboxylic acids is 1. The molecule has 1 heterocycles. The molecule has 17 heavy (non-hydrogen) atoms. The molecule has 0 aromatic rings. The lowest BCUT2D eigenvalue weighted by atomic mass is 10.0. The number of carbonyl (C=O) groups is 1. The Balaban J connectivity index is 1.68. The van der Waals surface area contributed by atoms with Gasteiger partial charge in [-0.25, -0.2) is 0 Å². The Kier molecular flexibility index (Phi) is 5.69. The summed E-state index contributed by atoms with van der Waals surface area (Å²) >= 11 is 2.01. The van der Waals surface area contributed by atoms with Gasteiger partial charge in [-0.1, -0.05) is 25.7 Å². The Hall–Kier alpha value is -0.180. The van der Waals surface area contributed by atoms with Gasteiger partial charge in [-0.3, -0.25) is 4.79 Å². The van der Waals surface area contributed by atoms with Gasteiger partial charge in [0.25, 0.3) is 0 Å². The van der Waals surface area contributed by atoms with Crippen molar-refractivity contribution in [1.82, 2.24) is 5.32 Å². The Labute approximate surface area is 109 Å². The maximum Gasteiger partial charge on any atom is 0.220 e. The Morgan fingerprint density at radius 2 is 1.82 bits per heavy atom. The van der Waals surface area contributed by atoms with Crippen molar-refractivity contribution in [1.29, 1.82) is 0 Å². The first kappa shape index (κ1) is 13.3. The highest BCUT2D eigenvalue weighted by atomic mass is 32.2. The van der Waals surface area contributed by atoms with Crippen LogP contribution in [0.3, 0.4) is 0 Å². The maximum atomic E-state index is 12.0. The second-order valence-corrected chi connectivity index (χ2v) is 6.69. The number of nitrogens with one attached hydrogen (secondary N) is 1. The molecule has 1 aliphatic carbocycles. The first-order valence-corrected chi connectivity index (χ1v) is 8.37. The van der Waals surface area contributed by atoms with Crippen LogP contribution in [0.2, 0.25) is 0 Å². The minimum atomic E-state index is 0.310. The Morgan fingerprint density at radius 1 is 1.06 bits per heavy atom. The predicted molar refractivity (Wildman–Crippen MR) is 74.3 cm³/mol. The number of hydrogen-bond acceptors (Lipinski definition) is 2. The van der Waals surface area contributed by atoms with Crippen molar-refractivity contribution < 1.29 is 4.79 Å².